The molecule has 3 rings (SSSR count). The van der Waals surface area contributed by atoms with E-state index in [4.69, 9.17) is 16.3 Å². The summed E-state index contributed by atoms with van der Waals surface area (Å²) >= 11 is 5.96. The Morgan fingerprint density at radius 2 is 1.75 bits per heavy atom. The number of carbonyl (C=O) groups excluding carboxylic acids is 1. The lowest BCUT2D eigenvalue weighted by molar-refractivity contribution is -0.136. The van der Waals surface area contributed by atoms with Crippen LogP contribution in [0.4, 0.5) is 0 Å². The molecule has 0 saturated carbocycles. The second-order valence-corrected chi connectivity index (χ2v) is 8.11. The number of carbonyl (C=O) groups is 2. The summed E-state index contributed by atoms with van der Waals surface area (Å²) in [6.07, 6.45) is -0.170. The molecule has 0 amide bonds. The van der Waals surface area contributed by atoms with Gasteiger partial charge in [-0.3, -0.25) is 14.2 Å². The number of ether oxygens (including phenoxy) is 1. The Kier molecular flexibility index (Phi) is 5.22. The van der Waals surface area contributed by atoms with Crippen LogP contribution >= 0.6 is 11.6 Å². The topological polar surface area (TPSA) is 68.5 Å². The summed E-state index contributed by atoms with van der Waals surface area (Å²) in [5, 5.41) is 10.8. The minimum absolute atomic E-state index is 0.170. The molecular formula is C22H22ClNO4. The van der Waals surface area contributed by atoms with Crippen molar-refractivity contribution >= 4 is 34.4 Å². The predicted octanol–water partition coefficient (Wildman–Crippen LogP) is 4.92. The first-order valence-electron chi connectivity index (χ1n) is 8.87. The first-order chi connectivity index (χ1) is 13.1. The van der Waals surface area contributed by atoms with Gasteiger partial charge in [0.25, 0.3) is 5.91 Å². The molecule has 2 aromatic carbocycles. The quantitative estimate of drug-likeness (QED) is 0.676. The average Bonchev–Trinajstić information content (AvgIpc) is 2.94. The third kappa shape index (κ3) is 3.62. The zero-order valence-corrected chi connectivity index (χ0v) is 17.0. The SMILES string of the molecule is COc1ccc2c(CC(=O)O)c(C(C)(C)C)n(C(=O)c3ccc(Cl)cc3)c2c1. The van der Waals surface area contributed by atoms with Crippen LogP contribution in [0.1, 0.15) is 42.4 Å². The number of carboxylic acid groups (broad SMARTS) is 1. The van der Waals surface area contributed by atoms with Gasteiger partial charge in [0.05, 0.1) is 19.0 Å². The molecule has 0 radical (unpaired) electrons. The van der Waals surface area contributed by atoms with Gasteiger partial charge in [0, 0.05) is 33.1 Å². The average molecular weight is 400 g/mol. The lowest BCUT2D eigenvalue weighted by Crippen LogP contribution is -2.25. The molecule has 0 spiro atoms. The van der Waals surface area contributed by atoms with Gasteiger partial charge in [0.2, 0.25) is 0 Å². The molecule has 1 N–H and O–H groups in total. The lowest BCUT2D eigenvalue weighted by atomic mass is 9.87. The number of nitrogens with zero attached hydrogens (tertiary/aromatic N) is 1. The first-order valence-corrected chi connectivity index (χ1v) is 9.25. The highest BCUT2D eigenvalue weighted by Crippen LogP contribution is 2.37. The van der Waals surface area contributed by atoms with E-state index in [-0.39, 0.29) is 12.3 Å². The van der Waals surface area contributed by atoms with Crippen molar-refractivity contribution in [3.8, 4) is 5.75 Å². The number of methoxy groups -OCH3 is 1. The third-order valence-corrected chi connectivity index (χ3v) is 4.87. The van der Waals surface area contributed by atoms with Crippen molar-refractivity contribution in [2.75, 3.05) is 7.11 Å². The Morgan fingerprint density at radius 1 is 1.11 bits per heavy atom. The molecule has 146 valence electrons. The van der Waals surface area contributed by atoms with Crippen LogP contribution in [0.3, 0.4) is 0 Å². The van der Waals surface area contributed by atoms with E-state index in [9.17, 15) is 14.7 Å². The van der Waals surface area contributed by atoms with E-state index in [0.29, 0.717) is 33.1 Å². The minimum atomic E-state index is -0.945. The van der Waals surface area contributed by atoms with Crippen molar-refractivity contribution in [2.45, 2.75) is 32.6 Å². The molecule has 5 nitrogen and oxygen atoms in total. The van der Waals surface area contributed by atoms with E-state index in [1.807, 2.05) is 26.8 Å². The number of hydrogen-bond donors (Lipinski definition) is 1. The highest BCUT2D eigenvalue weighted by molar-refractivity contribution is 6.30. The predicted molar refractivity (Wildman–Crippen MR) is 110 cm³/mol. The standard InChI is InChI=1S/C22H22ClNO4/c1-22(2,3)20-17(12-19(25)26)16-10-9-15(28-4)11-18(16)24(20)21(27)13-5-7-14(23)8-6-13/h5-11H,12H2,1-4H3,(H,25,26). The van der Waals surface area contributed by atoms with Gasteiger partial charge in [-0.15, -0.1) is 0 Å². The summed E-state index contributed by atoms with van der Waals surface area (Å²) in [6, 6.07) is 12.0. The lowest BCUT2D eigenvalue weighted by Gasteiger charge is -2.23. The van der Waals surface area contributed by atoms with Crippen LogP contribution in [-0.2, 0) is 16.6 Å². The normalized spacial score (nSPS) is 11.6. The van der Waals surface area contributed by atoms with E-state index in [2.05, 4.69) is 0 Å². The molecule has 0 aliphatic carbocycles. The van der Waals surface area contributed by atoms with Gasteiger partial charge in [-0.05, 0) is 42.0 Å². The number of aliphatic carboxylic acids is 1. The maximum absolute atomic E-state index is 13.5. The number of hydrogen-bond acceptors (Lipinski definition) is 3. The molecule has 0 aliphatic rings. The molecule has 0 saturated heterocycles. The highest BCUT2D eigenvalue weighted by Gasteiger charge is 2.31. The maximum atomic E-state index is 13.5. The zero-order chi connectivity index (χ0) is 20.6. The maximum Gasteiger partial charge on any atom is 0.307 e. The van der Waals surface area contributed by atoms with Crippen molar-refractivity contribution < 1.29 is 19.4 Å². The molecule has 0 fully saturated rings. The number of fused-ring (bicyclic) bond motifs is 1. The Morgan fingerprint density at radius 3 is 2.29 bits per heavy atom. The summed E-state index contributed by atoms with van der Waals surface area (Å²) in [5.41, 5.74) is 1.95. The molecule has 1 heterocycles. The molecule has 3 aromatic rings. The van der Waals surface area contributed by atoms with Crippen LogP contribution in [0.15, 0.2) is 42.5 Å². The van der Waals surface area contributed by atoms with Crippen LogP contribution in [0, 0.1) is 0 Å². The molecule has 1 aromatic heterocycles. The van der Waals surface area contributed by atoms with E-state index < -0.39 is 11.4 Å². The second-order valence-electron chi connectivity index (χ2n) is 7.68. The Bertz CT molecular complexity index is 1060. The van der Waals surface area contributed by atoms with E-state index >= 15 is 0 Å². The van der Waals surface area contributed by atoms with Crippen molar-refractivity contribution in [3.63, 3.8) is 0 Å². The van der Waals surface area contributed by atoms with Gasteiger partial charge in [-0.2, -0.15) is 0 Å². The molecule has 6 heteroatoms. The Balaban J connectivity index is 2.39. The second kappa shape index (κ2) is 7.32. The number of benzene rings is 2. The van der Waals surface area contributed by atoms with E-state index in [1.54, 1.807) is 48.1 Å². The summed E-state index contributed by atoms with van der Waals surface area (Å²) in [5.74, 6) is -0.590. The summed E-state index contributed by atoms with van der Waals surface area (Å²) < 4.78 is 6.95. The van der Waals surface area contributed by atoms with Crippen LogP contribution < -0.4 is 4.74 Å². The van der Waals surface area contributed by atoms with Crippen LogP contribution in [0.25, 0.3) is 10.9 Å². The van der Waals surface area contributed by atoms with Gasteiger partial charge in [0.15, 0.2) is 0 Å². The summed E-state index contributed by atoms with van der Waals surface area (Å²) in [6.45, 7) is 5.90. The fourth-order valence-electron chi connectivity index (χ4n) is 3.51. The largest absolute Gasteiger partial charge is 0.497 e. The van der Waals surface area contributed by atoms with Crippen molar-refractivity contribution in [1.82, 2.24) is 4.57 Å². The zero-order valence-electron chi connectivity index (χ0n) is 16.2. The fraction of sp³-hybridized carbons (Fsp3) is 0.273. The molecule has 0 atom stereocenters. The molecule has 28 heavy (non-hydrogen) atoms. The molecule has 0 bridgehead atoms. The number of rotatable bonds is 4. The van der Waals surface area contributed by atoms with Crippen molar-refractivity contribution in [1.29, 1.82) is 0 Å². The van der Waals surface area contributed by atoms with Gasteiger partial charge < -0.3 is 9.84 Å². The fourth-order valence-corrected chi connectivity index (χ4v) is 3.64. The van der Waals surface area contributed by atoms with Gasteiger partial charge in [-0.25, -0.2) is 0 Å². The van der Waals surface area contributed by atoms with Crippen molar-refractivity contribution in [2.24, 2.45) is 0 Å². The number of aromatic nitrogens is 1. The van der Waals surface area contributed by atoms with Crippen LogP contribution in [0.5, 0.6) is 5.75 Å². The van der Waals surface area contributed by atoms with Gasteiger partial charge in [-0.1, -0.05) is 32.4 Å². The van der Waals surface area contributed by atoms with Gasteiger partial charge in [0.1, 0.15) is 5.75 Å². The molecule has 0 unspecified atom stereocenters. The van der Waals surface area contributed by atoms with E-state index in [1.165, 1.54) is 0 Å². The Hall–Kier alpha value is -2.79. The number of halogens is 1. The summed E-state index contributed by atoms with van der Waals surface area (Å²) in [7, 11) is 1.55. The summed E-state index contributed by atoms with van der Waals surface area (Å²) in [4.78, 5) is 25.0. The third-order valence-electron chi connectivity index (χ3n) is 4.61. The minimum Gasteiger partial charge on any atom is -0.497 e. The van der Waals surface area contributed by atoms with E-state index in [0.717, 1.165) is 5.39 Å². The smallest absolute Gasteiger partial charge is 0.307 e. The van der Waals surface area contributed by atoms with Gasteiger partial charge >= 0.3 is 5.97 Å². The molecular weight excluding hydrogens is 378 g/mol. The van der Waals surface area contributed by atoms with Crippen LogP contribution in [-0.4, -0.2) is 28.7 Å². The first kappa shape index (κ1) is 20.0. The highest BCUT2D eigenvalue weighted by atomic mass is 35.5. The molecule has 0 aliphatic heterocycles. The Labute approximate surface area is 168 Å². The van der Waals surface area contributed by atoms with Crippen LogP contribution in [0.2, 0.25) is 5.02 Å². The number of carboxylic acids is 1. The van der Waals surface area contributed by atoms with Crippen molar-refractivity contribution in [3.05, 3.63) is 64.3 Å². The monoisotopic (exact) mass is 399 g/mol.